The van der Waals surface area contributed by atoms with Crippen molar-refractivity contribution >= 4 is 21.9 Å². The van der Waals surface area contributed by atoms with Crippen molar-refractivity contribution in [2.24, 2.45) is 0 Å². The van der Waals surface area contributed by atoms with Gasteiger partial charge in [-0.2, -0.15) is 0 Å². The monoisotopic (exact) mass is 239 g/mol. The van der Waals surface area contributed by atoms with Gasteiger partial charge in [0, 0.05) is 22.8 Å². The van der Waals surface area contributed by atoms with Crippen LogP contribution < -0.4 is 4.74 Å². The smallest absolute Gasteiger partial charge is 0.182 e. The standard InChI is InChI=1S/C15H13NO2/c1-15(2)7-11-12-14(17-8-16-12)10-6-4-3-5-9(10)13(11)18-15/h3-6,8H,7H2,1-2H3. The number of fused-ring (bicyclic) bond motifs is 6. The summed E-state index contributed by atoms with van der Waals surface area (Å²) in [6, 6.07) is 8.17. The van der Waals surface area contributed by atoms with Crippen molar-refractivity contribution in [3.8, 4) is 5.75 Å². The van der Waals surface area contributed by atoms with Crippen LogP contribution in [0.2, 0.25) is 0 Å². The fourth-order valence-electron chi connectivity index (χ4n) is 2.82. The van der Waals surface area contributed by atoms with Gasteiger partial charge in [0.2, 0.25) is 0 Å². The molecule has 0 N–H and O–H groups in total. The summed E-state index contributed by atoms with van der Waals surface area (Å²) in [6.45, 7) is 4.21. The number of ether oxygens (including phenoxy) is 1. The molecule has 2 heterocycles. The van der Waals surface area contributed by atoms with Gasteiger partial charge in [0.05, 0.1) is 0 Å². The van der Waals surface area contributed by atoms with E-state index in [2.05, 4.69) is 31.0 Å². The van der Waals surface area contributed by atoms with E-state index in [0.29, 0.717) is 0 Å². The Morgan fingerprint density at radius 1 is 1.17 bits per heavy atom. The van der Waals surface area contributed by atoms with Crippen LogP contribution in [0.1, 0.15) is 19.4 Å². The molecule has 1 aromatic heterocycles. The molecule has 1 aliphatic rings. The fourth-order valence-corrected chi connectivity index (χ4v) is 2.82. The van der Waals surface area contributed by atoms with E-state index in [0.717, 1.165) is 34.0 Å². The summed E-state index contributed by atoms with van der Waals surface area (Å²) in [7, 11) is 0. The second-order valence-electron chi connectivity index (χ2n) is 5.42. The second kappa shape index (κ2) is 3.05. The minimum atomic E-state index is -0.168. The first-order valence-electron chi connectivity index (χ1n) is 6.11. The molecule has 0 fully saturated rings. The van der Waals surface area contributed by atoms with E-state index in [-0.39, 0.29) is 5.60 Å². The maximum atomic E-state index is 6.10. The molecule has 0 saturated carbocycles. The van der Waals surface area contributed by atoms with Crippen LogP contribution in [0.15, 0.2) is 35.1 Å². The molecular formula is C15H13NO2. The Kier molecular flexibility index (Phi) is 1.68. The lowest BCUT2D eigenvalue weighted by Crippen LogP contribution is -2.24. The number of nitrogens with zero attached hydrogens (tertiary/aromatic N) is 1. The number of benzene rings is 2. The third kappa shape index (κ3) is 1.16. The molecule has 0 unspecified atom stereocenters. The van der Waals surface area contributed by atoms with Crippen molar-refractivity contribution in [2.75, 3.05) is 0 Å². The van der Waals surface area contributed by atoms with Crippen LogP contribution in [0.4, 0.5) is 0 Å². The minimum absolute atomic E-state index is 0.168. The van der Waals surface area contributed by atoms with Gasteiger partial charge in [-0.1, -0.05) is 24.3 Å². The molecule has 90 valence electrons. The van der Waals surface area contributed by atoms with Gasteiger partial charge in [0.25, 0.3) is 0 Å². The Labute approximate surface area is 104 Å². The van der Waals surface area contributed by atoms with E-state index in [1.165, 1.54) is 12.0 Å². The average molecular weight is 239 g/mol. The molecule has 0 atom stereocenters. The first kappa shape index (κ1) is 9.95. The molecule has 0 saturated heterocycles. The van der Waals surface area contributed by atoms with Crippen LogP contribution in [0.5, 0.6) is 5.75 Å². The van der Waals surface area contributed by atoms with Crippen LogP contribution in [0, 0.1) is 0 Å². The molecule has 0 aliphatic carbocycles. The van der Waals surface area contributed by atoms with Crippen LogP contribution in [-0.4, -0.2) is 10.6 Å². The van der Waals surface area contributed by atoms with E-state index in [9.17, 15) is 0 Å². The maximum Gasteiger partial charge on any atom is 0.182 e. The van der Waals surface area contributed by atoms with Crippen LogP contribution >= 0.6 is 0 Å². The zero-order valence-electron chi connectivity index (χ0n) is 10.4. The molecule has 18 heavy (non-hydrogen) atoms. The molecule has 0 bridgehead atoms. The van der Waals surface area contributed by atoms with Crippen molar-refractivity contribution in [1.82, 2.24) is 4.98 Å². The molecule has 0 amide bonds. The summed E-state index contributed by atoms with van der Waals surface area (Å²) in [5.41, 5.74) is 2.81. The van der Waals surface area contributed by atoms with Crippen LogP contribution in [-0.2, 0) is 6.42 Å². The highest BCUT2D eigenvalue weighted by atomic mass is 16.5. The number of rotatable bonds is 0. The highest BCUT2D eigenvalue weighted by Gasteiger charge is 2.34. The number of aromatic nitrogens is 1. The lowest BCUT2D eigenvalue weighted by molar-refractivity contribution is 0.140. The first-order chi connectivity index (χ1) is 8.66. The Bertz CT molecular complexity index is 771. The van der Waals surface area contributed by atoms with Gasteiger partial charge in [-0.15, -0.1) is 0 Å². The van der Waals surface area contributed by atoms with Gasteiger partial charge in [0.1, 0.15) is 16.9 Å². The van der Waals surface area contributed by atoms with E-state index in [4.69, 9.17) is 9.15 Å². The predicted octanol–water partition coefficient (Wildman–Crippen LogP) is 3.69. The van der Waals surface area contributed by atoms with E-state index in [1.807, 2.05) is 12.1 Å². The topological polar surface area (TPSA) is 35.3 Å². The van der Waals surface area contributed by atoms with Crippen molar-refractivity contribution in [1.29, 1.82) is 0 Å². The highest BCUT2D eigenvalue weighted by Crippen LogP contribution is 2.45. The van der Waals surface area contributed by atoms with Crippen molar-refractivity contribution in [3.63, 3.8) is 0 Å². The molecule has 3 heteroatoms. The Morgan fingerprint density at radius 2 is 1.94 bits per heavy atom. The Balaban J connectivity index is 2.23. The van der Waals surface area contributed by atoms with Crippen molar-refractivity contribution in [2.45, 2.75) is 25.9 Å². The predicted molar refractivity (Wildman–Crippen MR) is 69.9 cm³/mol. The maximum absolute atomic E-state index is 6.10. The molecule has 0 spiro atoms. The van der Waals surface area contributed by atoms with Gasteiger partial charge < -0.3 is 9.15 Å². The third-order valence-electron chi connectivity index (χ3n) is 3.52. The molecule has 3 aromatic rings. The number of oxazole rings is 1. The summed E-state index contributed by atoms with van der Waals surface area (Å²) < 4.78 is 11.7. The summed E-state index contributed by atoms with van der Waals surface area (Å²) in [5, 5.41) is 2.18. The van der Waals surface area contributed by atoms with Gasteiger partial charge in [-0.25, -0.2) is 4.98 Å². The molecule has 2 aromatic carbocycles. The minimum Gasteiger partial charge on any atom is -0.486 e. The Morgan fingerprint density at radius 3 is 2.78 bits per heavy atom. The SMILES string of the molecule is CC1(C)Cc2c(c3ccccc3c3ocnc23)O1. The normalized spacial score (nSPS) is 17.0. The quantitative estimate of drug-likeness (QED) is 0.600. The van der Waals surface area contributed by atoms with Crippen LogP contribution in [0.3, 0.4) is 0 Å². The zero-order chi connectivity index (χ0) is 12.3. The molecule has 4 rings (SSSR count). The third-order valence-corrected chi connectivity index (χ3v) is 3.52. The van der Waals surface area contributed by atoms with Crippen molar-refractivity contribution < 1.29 is 9.15 Å². The van der Waals surface area contributed by atoms with E-state index < -0.39 is 0 Å². The van der Waals surface area contributed by atoms with Gasteiger partial charge in [0.15, 0.2) is 12.0 Å². The lowest BCUT2D eigenvalue weighted by atomic mass is 9.98. The van der Waals surface area contributed by atoms with E-state index >= 15 is 0 Å². The lowest BCUT2D eigenvalue weighted by Gasteiger charge is -2.17. The van der Waals surface area contributed by atoms with Crippen molar-refractivity contribution in [3.05, 3.63) is 36.2 Å². The number of hydrogen-bond donors (Lipinski definition) is 0. The van der Waals surface area contributed by atoms with Crippen LogP contribution in [0.25, 0.3) is 21.9 Å². The number of hydrogen-bond acceptors (Lipinski definition) is 3. The van der Waals surface area contributed by atoms with Gasteiger partial charge >= 0.3 is 0 Å². The molecular weight excluding hydrogens is 226 g/mol. The molecule has 1 aliphatic heterocycles. The average Bonchev–Trinajstić information content (AvgIpc) is 2.92. The summed E-state index contributed by atoms with van der Waals surface area (Å²) in [5.74, 6) is 0.969. The first-order valence-corrected chi connectivity index (χ1v) is 6.11. The largest absolute Gasteiger partial charge is 0.486 e. The Hall–Kier alpha value is -2.03. The zero-order valence-corrected chi connectivity index (χ0v) is 10.4. The van der Waals surface area contributed by atoms with Gasteiger partial charge in [-0.05, 0) is 13.8 Å². The van der Waals surface area contributed by atoms with Gasteiger partial charge in [-0.3, -0.25) is 0 Å². The van der Waals surface area contributed by atoms with E-state index in [1.54, 1.807) is 0 Å². The summed E-state index contributed by atoms with van der Waals surface area (Å²) in [4.78, 5) is 4.36. The molecule has 3 nitrogen and oxygen atoms in total. The molecule has 0 radical (unpaired) electrons. The fraction of sp³-hybridized carbons (Fsp3) is 0.267. The summed E-state index contributed by atoms with van der Waals surface area (Å²) in [6.07, 6.45) is 2.39. The summed E-state index contributed by atoms with van der Waals surface area (Å²) >= 11 is 0. The second-order valence-corrected chi connectivity index (χ2v) is 5.42. The highest BCUT2D eigenvalue weighted by molar-refractivity contribution is 6.08.